The minimum absolute atomic E-state index is 0.142. The normalized spacial score (nSPS) is 13.7. The van der Waals surface area contributed by atoms with Crippen molar-refractivity contribution in [3.8, 4) is 0 Å². The average molecular weight is 269 g/mol. The predicted molar refractivity (Wildman–Crippen MR) is 60.8 cm³/mol. The van der Waals surface area contributed by atoms with Crippen molar-refractivity contribution in [2.75, 3.05) is 26.6 Å². The molecular formula is C9H19NO6S. The summed E-state index contributed by atoms with van der Waals surface area (Å²) in [5.74, 6) is -1.51. The van der Waals surface area contributed by atoms with Crippen LogP contribution in [-0.2, 0) is 29.0 Å². The van der Waals surface area contributed by atoms with Crippen LogP contribution in [0.4, 0.5) is 0 Å². The van der Waals surface area contributed by atoms with Gasteiger partial charge in [0.2, 0.25) is 10.0 Å². The minimum Gasteiger partial charge on any atom is -0.465 e. The molecule has 0 amide bonds. The van der Waals surface area contributed by atoms with Crippen LogP contribution in [0, 0.1) is 0 Å². The highest BCUT2D eigenvalue weighted by molar-refractivity contribution is 7.90. The van der Waals surface area contributed by atoms with Crippen molar-refractivity contribution >= 4 is 16.0 Å². The van der Waals surface area contributed by atoms with Crippen LogP contribution in [-0.4, -0.2) is 53.3 Å². The molecule has 7 nitrogen and oxygen atoms in total. The third-order valence-electron chi connectivity index (χ3n) is 1.85. The molecule has 0 radical (unpaired) electrons. The first-order valence-electron chi connectivity index (χ1n) is 5.07. The van der Waals surface area contributed by atoms with Gasteiger partial charge < -0.3 is 14.2 Å². The van der Waals surface area contributed by atoms with E-state index in [-0.39, 0.29) is 6.61 Å². The van der Waals surface area contributed by atoms with Crippen molar-refractivity contribution in [1.82, 2.24) is 4.72 Å². The highest BCUT2D eigenvalue weighted by Crippen LogP contribution is 2.01. The molecular weight excluding hydrogens is 250 g/mol. The van der Waals surface area contributed by atoms with Crippen LogP contribution >= 0.6 is 0 Å². The molecule has 17 heavy (non-hydrogen) atoms. The molecule has 0 aromatic heterocycles. The largest absolute Gasteiger partial charge is 0.465 e. The Morgan fingerprint density at radius 2 is 1.82 bits per heavy atom. The molecule has 1 unspecified atom stereocenters. The Bertz CT molecular complexity index is 324. The Morgan fingerprint density at radius 3 is 2.24 bits per heavy atom. The second-order valence-electron chi connectivity index (χ2n) is 3.31. The van der Waals surface area contributed by atoms with Gasteiger partial charge in [-0.2, -0.15) is 0 Å². The predicted octanol–water partition coefficient (Wildman–Crippen LogP) is -0.524. The smallest absolute Gasteiger partial charge is 0.322 e. The summed E-state index contributed by atoms with van der Waals surface area (Å²) in [5, 5.41) is 0. The van der Waals surface area contributed by atoms with Crippen LogP contribution in [0.1, 0.15) is 13.8 Å². The quantitative estimate of drug-likeness (QED) is 0.471. The van der Waals surface area contributed by atoms with Gasteiger partial charge in [-0.25, -0.2) is 13.1 Å². The van der Waals surface area contributed by atoms with E-state index in [2.05, 4.69) is 9.46 Å². The third kappa shape index (κ3) is 6.57. The van der Waals surface area contributed by atoms with Crippen LogP contribution in [0.15, 0.2) is 0 Å². The van der Waals surface area contributed by atoms with Gasteiger partial charge in [0.05, 0.1) is 12.6 Å². The fourth-order valence-electron chi connectivity index (χ4n) is 1.24. The Kier molecular flexibility index (Phi) is 7.28. The summed E-state index contributed by atoms with van der Waals surface area (Å²) in [6.07, 6.45) is -0.716. The van der Waals surface area contributed by atoms with E-state index in [1.165, 1.54) is 14.2 Å². The summed E-state index contributed by atoms with van der Waals surface area (Å²) in [7, 11) is -0.966. The van der Waals surface area contributed by atoms with Gasteiger partial charge in [-0.3, -0.25) is 4.79 Å². The molecule has 0 aliphatic carbocycles. The monoisotopic (exact) mass is 269 g/mol. The number of hydrogen-bond acceptors (Lipinski definition) is 6. The average Bonchev–Trinajstić information content (AvgIpc) is 2.17. The maximum Gasteiger partial charge on any atom is 0.322 e. The van der Waals surface area contributed by atoms with Crippen molar-refractivity contribution in [2.24, 2.45) is 0 Å². The van der Waals surface area contributed by atoms with Gasteiger partial charge in [0, 0.05) is 14.2 Å². The Balaban J connectivity index is 4.39. The summed E-state index contributed by atoms with van der Waals surface area (Å²) in [6.45, 7) is 3.31. The van der Waals surface area contributed by atoms with Gasteiger partial charge in [-0.15, -0.1) is 0 Å². The Morgan fingerprint density at radius 1 is 1.29 bits per heavy atom. The van der Waals surface area contributed by atoms with E-state index >= 15 is 0 Å². The molecule has 0 aliphatic heterocycles. The van der Waals surface area contributed by atoms with E-state index in [1.807, 2.05) is 0 Å². The number of esters is 1. The van der Waals surface area contributed by atoms with Gasteiger partial charge in [-0.05, 0) is 13.8 Å². The van der Waals surface area contributed by atoms with E-state index in [0.29, 0.717) is 0 Å². The van der Waals surface area contributed by atoms with E-state index < -0.39 is 34.1 Å². The fraction of sp³-hybridized carbons (Fsp3) is 0.889. The van der Waals surface area contributed by atoms with Crippen LogP contribution in [0.2, 0.25) is 0 Å². The van der Waals surface area contributed by atoms with Crippen molar-refractivity contribution in [3.63, 3.8) is 0 Å². The number of carbonyl (C=O) groups is 1. The van der Waals surface area contributed by atoms with Crippen LogP contribution < -0.4 is 4.72 Å². The van der Waals surface area contributed by atoms with E-state index in [1.54, 1.807) is 13.8 Å². The SMILES string of the molecule is CCOC(=O)CS(=O)(=O)NC(C)C(OC)OC. The fourth-order valence-corrected chi connectivity index (χ4v) is 2.40. The lowest BCUT2D eigenvalue weighted by atomic mass is 10.3. The van der Waals surface area contributed by atoms with Crippen molar-refractivity contribution in [2.45, 2.75) is 26.2 Å². The van der Waals surface area contributed by atoms with E-state index in [0.717, 1.165) is 0 Å². The number of rotatable bonds is 8. The highest BCUT2D eigenvalue weighted by atomic mass is 32.2. The standard InChI is InChI=1S/C9H19NO6S/c1-5-16-8(11)6-17(12,13)10-7(2)9(14-3)15-4/h7,9-10H,5-6H2,1-4H3. The second kappa shape index (κ2) is 7.59. The zero-order valence-electron chi connectivity index (χ0n) is 10.4. The molecule has 0 saturated carbocycles. The molecule has 0 spiro atoms. The first kappa shape index (κ1) is 16.3. The lowest BCUT2D eigenvalue weighted by Gasteiger charge is -2.21. The van der Waals surface area contributed by atoms with Crippen LogP contribution in [0.5, 0.6) is 0 Å². The van der Waals surface area contributed by atoms with Gasteiger partial charge in [0.1, 0.15) is 0 Å². The topological polar surface area (TPSA) is 90.9 Å². The molecule has 0 bridgehead atoms. The highest BCUT2D eigenvalue weighted by Gasteiger charge is 2.24. The molecule has 1 N–H and O–H groups in total. The third-order valence-corrected chi connectivity index (χ3v) is 3.20. The van der Waals surface area contributed by atoms with Gasteiger partial charge in [-0.1, -0.05) is 0 Å². The lowest BCUT2D eigenvalue weighted by molar-refractivity contribution is -0.140. The maximum atomic E-state index is 11.5. The molecule has 0 rings (SSSR count). The van der Waals surface area contributed by atoms with E-state index in [9.17, 15) is 13.2 Å². The summed E-state index contributed by atoms with van der Waals surface area (Å²) in [5.41, 5.74) is 0. The summed E-state index contributed by atoms with van der Waals surface area (Å²) in [4.78, 5) is 11.0. The molecule has 0 aromatic carbocycles. The minimum atomic E-state index is -3.75. The molecule has 8 heteroatoms. The number of carbonyl (C=O) groups excluding carboxylic acids is 1. The van der Waals surface area contributed by atoms with E-state index in [4.69, 9.17) is 9.47 Å². The number of sulfonamides is 1. The molecule has 0 saturated heterocycles. The zero-order chi connectivity index (χ0) is 13.5. The molecule has 102 valence electrons. The van der Waals surface area contributed by atoms with Gasteiger partial charge in [0.15, 0.2) is 12.0 Å². The number of hydrogen-bond donors (Lipinski definition) is 1. The summed E-state index contributed by atoms with van der Waals surface area (Å²) in [6, 6.07) is -0.607. The van der Waals surface area contributed by atoms with Crippen molar-refractivity contribution < 1.29 is 27.4 Å². The molecule has 1 atom stereocenters. The van der Waals surface area contributed by atoms with Crippen LogP contribution in [0.3, 0.4) is 0 Å². The maximum absolute atomic E-state index is 11.5. The molecule has 0 fully saturated rings. The van der Waals surface area contributed by atoms with Crippen molar-refractivity contribution in [1.29, 1.82) is 0 Å². The molecule has 0 aromatic rings. The molecule has 0 heterocycles. The Labute approximate surface area is 101 Å². The number of methoxy groups -OCH3 is 2. The lowest BCUT2D eigenvalue weighted by Crippen LogP contribution is -2.44. The number of ether oxygens (including phenoxy) is 3. The summed E-state index contributed by atoms with van der Waals surface area (Å²) >= 11 is 0. The van der Waals surface area contributed by atoms with Gasteiger partial charge in [0.25, 0.3) is 0 Å². The van der Waals surface area contributed by atoms with Gasteiger partial charge >= 0.3 is 5.97 Å². The van der Waals surface area contributed by atoms with Crippen molar-refractivity contribution in [3.05, 3.63) is 0 Å². The van der Waals surface area contributed by atoms with Crippen LogP contribution in [0.25, 0.3) is 0 Å². The number of nitrogens with one attached hydrogen (secondary N) is 1. The second-order valence-corrected chi connectivity index (χ2v) is 5.06. The molecule has 0 aliphatic rings. The first-order valence-corrected chi connectivity index (χ1v) is 6.72. The zero-order valence-corrected chi connectivity index (χ0v) is 11.2. The first-order chi connectivity index (χ1) is 7.86. The Hall–Kier alpha value is -0.700. The summed E-state index contributed by atoms with van der Waals surface area (Å²) < 4.78 is 39.7.